The number of rotatable bonds is 8. The minimum atomic E-state index is -0.174. The molecule has 0 bridgehead atoms. The molecular weight excluding hydrogens is 686 g/mol. The zero-order chi connectivity index (χ0) is 37.1. The third-order valence-corrected chi connectivity index (χ3v) is 10.6. The van der Waals surface area contributed by atoms with Crippen molar-refractivity contribution in [3.8, 4) is 28.7 Å². The predicted octanol–water partition coefficient (Wildman–Crippen LogP) is 6.48. The van der Waals surface area contributed by atoms with Crippen molar-refractivity contribution >= 4 is 41.3 Å². The van der Waals surface area contributed by atoms with E-state index in [4.69, 9.17) is 28.9 Å². The Morgan fingerprint density at radius 3 is 2.02 bits per heavy atom. The number of ether oxygens (including phenoxy) is 4. The topological polar surface area (TPSA) is 127 Å². The first kappa shape index (κ1) is 33.3. The average Bonchev–Trinajstić information content (AvgIpc) is 3.67. The number of aromatic nitrogens is 1. The lowest BCUT2D eigenvalue weighted by atomic mass is 10.00. The molecule has 2 atom stereocenters. The van der Waals surface area contributed by atoms with E-state index < -0.39 is 0 Å². The van der Waals surface area contributed by atoms with E-state index in [2.05, 4.69) is 10.6 Å². The van der Waals surface area contributed by atoms with Gasteiger partial charge >= 0.3 is 0 Å². The van der Waals surface area contributed by atoms with Gasteiger partial charge in [0, 0.05) is 68.6 Å². The minimum absolute atomic E-state index is 0.0430. The highest BCUT2D eigenvalue weighted by Gasteiger charge is 2.37. The van der Waals surface area contributed by atoms with Crippen molar-refractivity contribution in [2.45, 2.75) is 44.7 Å². The first-order chi connectivity index (χ1) is 26.3. The highest BCUT2D eigenvalue weighted by atomic mass is 16.5. The van der Waals surface area contributed by atoms with Crippen LogP contribution in [0.3, 0.4) is 0 Å². The number of nitrogens with zero attached hydrogens (tertiary/aromatic N) is 5. The maximum absolute atomic E-state index is 13.8. The Balaban J connectivity index is 0.918. The molecule has 272 valence electrons. The summed E-state index contributed by atoms with van der Waals surface area (Å²) in [4.78, 5) is 40.6. The number of aryl methyl sites for hydroxylation is 1. The number of para-hydroxylation sites is 1. The molecule has 12 heteroatoms. The number of anilines is 1. The minimum Gasteiger partial charge on any atom is -0.508 e. The summed E-state index contributed by atoms with van der Waals surface area (Å²) < 4.78 is 25.9. The Morgan fingerprint density at radius 2 is 1.35 bits per heavy atom. The van der Waals surface area contributed by atoms with Crippen molar-refractivity contribution in [2.24, 2.45) is 17.0 Å². The number of carbonyl (C=O) groups is 2. The maximum Gasteiger partial charge on any atom is 0.261 e. The van der Waals surface area contributed by atoms with Crippen molar-refractivity contribution in [3.05, 3.63) is 118 Å². The highest BCUT2D eigenvalue weighted by molar-refractivity contribution is 6.14. The molecule has 1 N–H and O–H groups in total. The van der Waals surface area contributed by atoms with E-state index in [9.17, 15) is 14.7 Å². The van der Waals surface area contributed by atoms with Gasteiger partial charge in [-0.15, -0.1) is 0 Å². The van der Waals surface area contributed by atoms with E-state index in [1.54, 1.807) is 41.3 Å². The fourth-order valence-electron chi connectivity index (χ4n) is 7.84. The molecule has 0 aliphatic carbocycles. The van der Waals surface area contributed by atoms with Gasteiger partial charge in [-0.05, 0) is 64.7 Å². The Bertz CT molecular complexity index is 2420. The molecule has 54 heavy (non-hydrogen) atoms. The fourth-order valence-corrected chi connectivity index (χ4v) is 7.84. The molecule has 0 fully saturated rings. The number of hydrogen-bond acceptors (Lipinski definition) is 9. The fraction of sp³-hybridized carbons (Fsp3) is 0.238. The number of methoxy groups -OCH3 is 2. The summed E-state index contributed by atoms with van der Waals surface area (Å²) in [5.74, 6) is 1.41. The molecule has 0 unspecified atom stereocenters. The van der Waals surface area contributed by atoms with Gasteiger partial charge in [0.05, 0.1) is 48.8 Å². The van der Waals surface area contributed by atoms with Gasteiger partial charge in [-0.25, -0.2) is 0 Å². The molecule has 1 aromatic heterocycles. The van der Waals surface area contributed by atoms with Crippen LogP contribution < -0.4 is 23.8 Å². The van der Waals surface area contributed by atoms with Crippen molar-refractivity contribution in [1.82, 2.24) is 9.47 Å². The van der Waals surface area contributed by atoms with E-state index >= 15 is 0 Å². The van der Waals surface area contributed by atoms with Gasteiger partial charge in [0.15, 0.2) is 23.0 Å². The number of aromatic hydroxyl groups is 1. The molecule has 5 heterocycles. The number of amides is 2. The molecule has 0 saturated heterocycles. The summed E-state index contributed by atoms with van der Waals surface area (Å²) in [6.45, 7) is 0.700. The van der Waals surface area contributed by atoms with Crippen molar-refractivity contribution in [2.75, 3.05) is 19.1 Å². The lowest BCUT2D eigenvalue weighted by Gasteiger charge is -2.33. The highest BCUT2D eigenvalue weighted by Crippen LogP contribution is 2.42. The van der Waals surface area contributed by atoms with Gasteiger partial charge in [-0.3, -0.25) is 24.5 Å². The molecule has 4 aliphatic rings. The average molecular weight is 724 g/mol. The van der Waals surface area contributed by atoms with Crippen LogP contribution in [0.25, 0.3) is 0 Å². The van der Waals surface area contributed by atoms with Crippen LogP contribution in [0.5, 0.6) is 28.7 Å². The monoisotopic (exact) mass is 723 g/mol. The van der Waals surface area contributed by atoms with Gasteiger partial charge in [-0.1, -0.05) is 18.2 Å². The van der Waals surface area contributed by atoms with Gasteiger partial charge < -0.3 is 33.5 Å². The summed E-state index contributed by atoms with van der Waals surface area (Å²) >= 11 is 0. The van der Waals surface area contributed by atoms with Crippen LogP contribution in [-0.2, 0) is 39.6 Å². The molecule has 9 rings (SSSR count). The van der Waals surface area contributed by atoms with Crippen LogP contribution in [0.1, 0.15) is 48.7 Å². The molecule has 12 nitrogen and oxygen atoms in total. The van der Waals surface area contributed by atoms with Crippen molar-refractivity contribution < 1.29 is 33.6 Å². The quantitative estimate of drug-likeness (QED) is 0.194. The van der Waals surface area contributed by atoms with Crippen LogP contribution in [0, 0.1) is 0 Å². The van der Waals surface area contributed by atoms with E-state index in [1.807, 2.05) is 60.9 Å². The summed E-state index contributed by atoms with van der Waals surface area (Å²) in [5.41, 5.74) is 7.58. The third kappa shape index (κ3) is 5.70. The summed E-state index contributed by atoms with van der Waals surface area (Å²) in [5, 5.41) is 10.7. The molecule has 4 aromatic carbocycles. The lowest BCUT2D eigenvalue weighted by Crippen LogP contribution is -2.44. The first-order valence-electron chi connectivity index (χ1n) is 17.7. The molecule has 0 spiro atoms. The SMILES string of the molecule is COc1cc2c(cc1OCc1cc(O)cc(COc3cc4c(cc3OC)C(=O)N3c5ccccc5C[C@H]3C=N4)c1)N=C[C@@H]1Cc3c(ccn3C)CN1C2=O. The number of aliphatic imine (C=N–C) groups is 2. The van der Waals surface area contributed by atoms with Crippen LogP contribution >= 0.6 is 0 Å². The molecule has 2 amide bonds. The van der Waals surface area contributed by atoms with Crippen molar-refractivity contribution in [1.29, 1.82) is 0 Å². The molecule has 0 saturated carbocycles. The largest absolute Gasteiger partial charge is 0.508 e. The number of fused-ring (bicyclic) bond motifs is 7. The number of phenolic OH excluding ortho intramolecular Hbond substituents is 1. The maximum atomic E-state index is 13.8. The normalized spacial score (nSPS) is 17.8. The third-order valence-electron chi connectivity index (χ3n) is 10.6. The van der Waals surface area contributed by atoms with E-state index in [-0.39, 0.29) is 42.9 Å². The van der Waals surface area contributed by atoms with Gasteiger partial charge in [-0.2, -0.15) is 0 Å². The van der Waals surface area contributed by atoms with Crippen LogP contribution in [0.2, 0.25) is 0 Å². The second-order valence-electron chi connectivity index (χ2n) is 13.9. The van der Waals surface area contributed by atoms with E-state index in [0.717, 1.165) is 16.8 Å². The second kappa shape index (κ2) is 13.1. The Kier molecular flexibility index (Phi) is 8.10. The van der Waals surface area contributed by atoms with Gasteiger partial charge in [0.25, 0.3) is 11.8 Å². The smallest absolute Gasteiger partial charge is 0.261 e. The Labute approximate surface area is 311 Å². The molecule has 5 aromatic rings. The second-order valence-corrected chi connectivity index (χ2v) is 13.9. The molecule has 4 aliphatic heterocycles. The Hall–Kier alpha value is -6.56. The molecular formula is C42H37N5O7. The number of benzene rings is 4. The summed E-state index contributed by atoms with van der Waals surface area (Å²) in [6.07, 6.45) is 7.06. The number of carbonyl (C=O) groups excluding carboxylic acids is 2. The van der Waals surface area contributed by atoms with Gasteiger partial charge in [0.2, 0.25) is 0 Å². The van der Waals surface area contributed by atoms with E-state index in [1.165, 1.54) is 19.9 Å². The standard InChI is InChI=1S/C42H37N5O7/c1-45-9-8-27-21-46-28(14-36(27)45)19-43-33-17-39(37(51-2)15-31(33)41(46)49)53-22-24-10-25(12-30(48)11-24)23-54-40-18-34-32(16-38(40)52-3)42(50)47-29(20-44-34)13-26-6-4-5-7-35(26)47/h4-12,15-20,28-29,48H,13-14,21-23H2,1-3H3/t28-,29-/m0/s1. The first-order valence-corrected chi connectivity index (χ1v) is 17.7. The van der Waals surface area contributed by atoms with Crippen LogP contribution in [-0.4, -0.2) is 65.1 Å². The molecule has 0 radical (unpaired) electrons. The predicted molar refractivity (Wildman–Crippen MR) is 203 cm³/mol. The zero-order valence-electron chi connectivity index (χ0n) is 30.0. The van der Waals surface area contributed by atoms with Crippen molar-refractivity contribution in [3.63, 3.8) is 0 Å². The van der Waals surface area contributed by atoms with Crippen LogP contribution in [0.4, 0.5) is 17.1 Å². The van der Waals surface area contributed by atoms with Gasteiger partial charge in [0.1, 0.15) is 19.0 Å². The number of hydrogen-bond donors (Lipinski definition) is 1. The zero-order valence-corrected chi connectivity index (χ0v) is 30.0. The van der Waals surface area contributed by atoms with Crippen LogP contribution in [0.15, 0.2) is 89.0 Å². The lowest BCUT2D eigenvalue weighted by molar-refractivity contribution is 0.0701. The summed E-state index contributed by atoms with van der Waals surface area (Å²) in [6, 6.07) is 21.5. The summed E-state index contributed by atoms with van der Waals surface area (Å²) in [7, 11) is 5.08. The number of phenols is 1. The Morgan fingerprint density at radius 1 is 0.722 bits per heavy atom. The van der Waals surface area contributed by atoms with E-state index in [0.29, 0.717) is 76.0 Å².